The second kappa shape index (κ2) is 10.1. The maximum atomic E-state index is 11.5. The lowest BCUT2D eigenvalue weighted by Gasteiger charge is -2.18. The van der Waals surface area contributed by atoms with Crippen LogP contribution < -0.4 is 0 Å². The first-order valence-electron chi connectivity index (χ1n) is 9.78. The first-order valence-corrected chi connectivity index (χ1v) is 11.8. The van der Waals surface area contributed by atoms with Crippen molar-refractivity contribution < 1.29 is 19.8 Å². The van der Waals surface area contributed by atoms with Crippen LogP contribution in [0, 0.1) is 20.8 Å². The molecule has 0 saturated heterocycles. The number of hydrogen-bond acceptors (Lipinski definition) is 4. The van der Waals surface area contributed by atoms with Crippen LogP contribution in [0.5, 0.6) is 0 Å². The Morgan fingerprint density at radius 1 is 0.710 bits per heavy atom. The highest BCUT2D eigenvalue weighted by Crippen LogP contribution is 2.34. The van der Waals surface area contributed by atoms with Gasteiger partial charge in [-0.2, -0.15) is 0 Å². The van der Waals surface area contributed by atoms with Crippen molar-refractivity contribution in [3.8, 4) is 0 Å². The summed E-state index contributed by atoms with van der Waals surface area (Å²) in [5, 5.41) is 18.9. The van der Waals surface area contributed by atoms with Crippen LogP contribution in [0.1, 0.15) is 48.5 Å². The number of aromatic carboxylic acids is 2. The maximum absolute atomic E-state index is 11.5. The third-order valence-corrected chi connectivity index (χ3v) is 7.47. The highest BCUT2D eigenvalue weighted by atomic mass is 32.2. The van der Waals surface area contributed by atoms with Gasteiger partial charge in [0, 0.05) is 21.3 Å². The van der Waals surface area contributed by atoms with Gasteiger partial charge in [0.2, 0.25) is 0 Å². The van der Waals surface area contributed by atoms with Gasteiger partial charge in [-0.05, 0) is 72.9 Å². The zero-order valence-corrected chi connectivity index (χ0v) is 19.3. The van der Waals surface area contributed by atoms with Crippen LogP contribution >= 0.6 is 23.5 Å². The summed E-state index contributed by atoms with van der Waals surface area (Å²) >= 11 is 3.05. The summed E-state index contributed by atoms with van der Waals surface area (Å²) in [5.41, 5.74) is 6.55. The van der Waals surface area contributed by atoms with Crippen molar-refractivity contribution in [2.24, 2.45) is 0 Å². The molecule has 0 aliphatic carbocycles. The highest BCUT2D eigenvalue weighted by molar-refractivity contribution is 7.98. The second-order valence-electron chi connectivity index (χ2n) is 7.27. The lowest BCUT2D eigenvalue weighted by molar-refractivity contribution is 0.0682. The fourth-order valence-corrected chi connectivity index (χ4v) is 6.01. The first-order chi connectivity index (χ1) is 14.8. The SMILES string of the molecule is Cc1cc(C)c(CSc2ccccc2C(=O)O)c(C)c1CSc1ccccc1C(=O)O. The van der Waals surface area contributed by atoms with Gasteiger partial charge in [-0.25, -0.2) is 9.59 Å². The van der Waals surface area contributed by atoms with Crippen molar-refractivity contribution in [2.45, 2.75) is 42.1 Å². The van der Waals surface area contributed by atoms with Crippen molar-refractivity contribution in [3.63, 3.8) is 0 Å². The van der Waals surface area contributed by atoms with Crippen molar-refractivity contribution in [1.82, 2.24) is 0 Å². The van der Waals surface area contributed by atoms with Gasteiger partial charge in [-0.3, -0.25) is 0 Å². The summed E-state index contributed by atoms with van der Waals surface area (Å²) < 4.78 is 0. The van der Waals surface area contributed by atoms with Gasteiger partial charge >= 0.3 is 11.9 Å². The maximum Gasteiger partial charge on any atom is 0.336 e. The summed E-state index contributed by atoms with van der Waals surface area (Å²) in [7, 11) is 0. The molecule has 0 amide bonds. The average molecular weight is 453 g/mol. The Kier molecular flexibility index (Phi) is 7.46. The Labute approximate surface area is 190 Å². The standard InChI is InChI=1S/C25H24O4S2/c1-15-12-16(2)21(14-31-23-11-7-5-9-19(23)25(28)29)17(3)20(15)13-30-22-10-6-4-8-18(22)24(26)27/h4-12H,13-14H2,1-3H3,(H,26,27)(H,28,29). The van der Waals surface area contributed by atoms with Gasteiger partial charge in [0.05, 0.1) is 11.1 Å². The van der Waals surface area contributed by atoms with Crippen molar-refractivity contribution in [3.05, 3.63) is 93.5 Å². The Morgan fingerprint density at radius 3 is 1.48 bits per heavy atom. The summed E-state index contributed by atoms with van der Waals surface area (Å²) in [6.07, 6.45) is 0. The molecule has 0 atom stereocenters. The molecular weight excluding hydrogens is 428 g/mol. The Bertz CT molecular complexity index is 1050. The van der Waals surface area contributed by atoms with Crippen molar-refractivity contribution >= 4 is 35.5 Å². The quantitative estimate of drug-likeness (QED) is 0.375. The molecule has 160 valence electrons. The topological polar surface area (TPSA) is 74.6 Å². The average Bonchev–Trinajstić information content (AvgIpc) is 2.73. The van der Waals surface area contributed by atoms with E-state index in [1.165, 1.54) is 51.3 Å². The zero-order valence-electron chi connectivity index (χ0n) is 17.6. The largest absolute Gasteiger partial charge is 0.478 e. The molecule has 0 saturated carbocycles. The highest BCUT2D eigenvalue weighted by Gasteiger charge is 2.16. The van der Waals surface area contributed by atoms with Gasteiger partial charge < -0.3 is 10.2 Å². The van der Waals surface area contributed by atoms with E-state index >= 15 is 0 Å². The molecule has 0 fully saturated rings. The van der Waals surface area contributed by atoms with Gasteiger partial charge in [-0.1, -0.05) is 30.3 Å². The third-order valence-electron chi connectivity index (χ3n) is 5.27. The molecule has 0 spiro atoms. The molecule has 3 aromatic rings. The normalized spacial score (nSPS) is 10.8. The minimum absolute atomic E-state index is 0.316. The number of carboxylic acids is 2. The number of benzene rings is 3. The van der Waals surface area contributed by atoms with E-state index in [9.17, 15) is 19.8 Å². The Hall–Kier alpha value is -2.70. The number of carbonyl (C=O) groups is 2. The minimum atomic E-state index is -0.922. The fourth-order valence-electron chi connectivity index (χ4n) is 3.56. The molecule has 0 bridgehead atoms. The van der Waals surface area contributed by atoms with Crippen LogP contribution in [-0.4, -0.2) is 22.2 Å². The fraction of sp³-hybridized carbons (Fsp3) is 0.200. The van der Waals surface area contributed by atoms with Crippen LogP contribution in [0.2, 0.25) is 0 Å². The molecule has 31 heavy (non-hydrogen) atoms. The number of thioether (sulfide) groups is 2. The van der Waals surface area contributed by atoms with E-state index in [-0.39, 0.29) is 0 Å². The van der Waals surface area contributed by atoms with Crippen molar-refractivity contribution in [2.75, 3.05) is 0 Å². The number of hydrogen-bond donors (Lipinski definition) is 2. The Balaban J connectivity index is 1.85. The van der Waals surface area contributed by atoms with Crippen LogP contribution in [0.15, 0.2) is 64.4 Å². The smallest absolute Gasteiger partial charge is 0.336 e. The Morgan fingerprint density at radius 2 is 1.10 bits per heavy atom. The number of rotatable bonds is 8. The molecule has 0 aliphatic heterocycles. The first kappa shape index (κ1) is 23.0. The molecule has 0 heterocycles. The predicted octanol–water partition coefficient (Wildman–Crippen LogP) is 6.59. The monoisotopic (exact) mass is 452 g/mol. The van der Waals surface area contributed by atoms with Crippen LogP contribution in [0.25, 0.3) is 0 Å². The summed E-state index contributed by atoms with van der Waals surface area (Å²) in [5.74, 6) is -0.499. The number of aryl methyl sites for hydroxylation is 2. The van der Waals surface area contributed by atoms with E-state index in [1.807, 2.05) is 24.3 Å². The third kappa shape index (κ3) is 5.32. The van der Waals surface area contributed by atoms with Gasteiger partial charge in [-0.15, -0.1) is 23.5 Å². The lowest BCUT2D eigenvalue weighted by atomic mass is 9.95. The van der Waals surface area contributed by atoms with E-state index in [0.29, 0.717) is 22.6 Å². The molecule has 0 unspecified atom stereocenters. The molecule has 0 aliphatic rings. The van der Waals surface area contributed by atoms with E-state index in [2.05, 4.69) is 26.8 Å². The molecule has 2 N–H and O–H groups in total. The summed E-state index contributed by atoms with van der Waals surface area (Å²) in [4.78, 5) is 24.5. The predicted molar refractivity (Wildman–Crippen MR) is 127 cm³/mol. The second-order valence-corrected chi connectivity index (χ2v) is 9.31. The van der Waals surface area contributed by atoms with E-state index < -0.39 is 11.9 Å². The number of carboxylic acid groups (broad SMARTS) is 2. The van der Waals surface area contributed by atoms with Crippen LogP contribution in [-0.2, 0) is 11.5 Å². The molecule has 0 aromatic heterocycles. The van der Waals surface area contributed by atoms with Crippen LogP contribution in [0.4, 0.5) is 0 Å². The minimum Gasteiger partial charge on any atom is -0.478 e. The molecule has 3 rings (SSSR count). The molecular formula is C25H24O4S2. The van der Waals surface area contributed by atoms with Crippen LogP contribution in [0.3, 0.4) is 0 Å². The molecule has 3 aromatic carbocycles. The zero-order chi connectivity index (χ0) is 22.5. The van der Waals surface area contributed by atoms with E-state index in [1.54, 1.807) is 24.3 Å². The molecule has 0 radical (unpaired) electrons. The van der Waals surface area contributed by atoms with Gasteiger partial charge in [0.25, 0.3) is 0 Å². The summed E-state index contributed by atoms with van der Waals surface area (Å²) in [6.45, 7) is 6.25. The van der Waals surface area contributed by atoms with E-state index in [4.69, 9.17) is 0 Å². The molecule has 4 nitrogen and oxygen atoms in total. The van der Waals surface area contributed by atoms with E-state index in [0.717, 1.165) is 9.79 Å². The van der Waals surface area contributed by atoms with Gasteiger partial charge in [0.15, 0.2) is 0 Å². The lowest BCUT2D eigenvalue weighted by Crippen LogP contribution is -2.03. The summed E-state index contributed by atoms with van der Waals surface area (Å²) in [6, 6.07) is 16.3. The van der Waals surface area contributed by atoms with Gasteiger partial charge in [0.1, 0.15) is 0 Å². The van der Waals surface area contributed by atoms with Crippen molar-refractivity contribution in [1.29, 1.82) is 0 Å². The molecule has 6 heteroatoms.